The second-order valence-electron chi connectivity index (χ2n) is 7.09. The number of anilines is 1. The summed E-state index contributed by atoms with van der Waals surface area (Å²) < 4.78 is 16.5. The van der Waals surface area contributed by atoms with Crippen molar-refractivity contribution in [3.05, 3.63) is 75.9 Å². The second kappa shape index (κ2) is 7.91. The molecule has 6 nitrogen and oxygen atoms in total. The molecule has 0 atom stereocenters. The van der Waals surface area contributed by atoms with Gasteiger partial charge in [-0.3, -0.25) is 9.59 Å². The van der Waals surface area contributed by atoms with Gasteiger partial charge in [0.1, 0.15) is 22.7 Å². The molecule has 0 spiro atoms. The number of fused-ring (bicyclic) bond motifs is 2. The van der Waals surface area contributed by atoms with Crippen LogP contribution < -0.4 is 20.2 Å². The number of methoxy groups -OCH3 is 1. The summed E-state index contributed by atoms with van der Waals surface area (Å²) >= 11 is 0. The minimum Gasteiger partial charge on any atom is -0.497 e. The van der Waals surface area contributed by atoms with E-state index in [0.717, 1.165) is 11.1 Å². The lowest BCUT2D eigenvalue weighted by Gasteiger charge is -2.09. The van der Waals surface area contributed by atoms with E-state index in [9.17, 15) is 9.59 Å². The SMILES string of the molecule is COc1ccc(OCC(=O)Nc2ccc3c(=O)c4cc(C)c(C)cc4oc3c2)cc1. The van der Waals surface area contributed by atoms with Gasteiger partial charge in [-0.1, -0.05) is 0 Å². The highest BCUT2D eigenvalue weighted by molar-refractivity contribution is 5.96. The van der Waals surface area contributed by atoms with Gasteiger partial charge < -0.3 is 19.2 Å². The quantitative estimate of drug-likeness (QED) is 0.493. The number of hydrogen-bond donors (Lipinski definition) is 1. The summed E-state index contributed by atoms with van der Waals surface area (Å²) in [6.07, 6.45) is 0. The summed E-state index contributed by atoms with van der Waals surface area (Å²) in [6.45, 7) is 3.79. The normalized spacial score (nSPS) is 10.9. The van der Waals surface area contributed by atoms with E-state index in [-0.39, 0.29) is 17.9 Å². The molecule has 1 aromatic heterocycles. The number of nitrogens with one attached hydrogen (secondary N) is 1. The average Bonchev–Trinajstić information content (AvgIpc) is 2.74. The number of rotatable bonds is 5. The zero-order chi connectivity index (χ0) is 21.3. The molecule has 1 amide bonds. The Morgan fingerprint density at radius 3 is 2.30 bits per heavy atom. The van der Waals surface area contributed by atoms with Crippen LogP contribution in [0.15, 0.2) is 63.8 Å². The highest BCUT2D eigenvalue weighted by Crippen LogP contribution is 2.24. The first-order valence-electron chi connectivity index (χ1n) is 9.49. The molecule has 6 heteroatoms. The van der Waals surface area contributed by atoms with Gasteiger partial charge in [-0.15, -0.1) is 0 Å². The maximum Gasteiger partial charge on any atom is 0.262 e. The van der Waals surface area contributed by atoms with E-state index < -0.39 is 0 Å². The van der Waals surface area contributed by atoms with Gasteiger partial charge in [-0.05, 0) is 73.5 Å². The lowest BCUT2D eigenvalue weighted by Crippen LogP contribution is -2.20. The minimum atomic E-state index is -0.320. The monoisotopic (exact) mass is 403 g/mol. The van der Waals surface area contributed by atoms with Gasteiger partial charge in [0.15, 0.2) is 6.61 Å². The standard InChI is InChI=1S/C24H21NO5/c1-14-10-20-21(11-15(14)2)30-22-12-16(4-9-19(22)24(20)27)25-23(26)13-29-18-7-5-17(28-3)6-8-18/h4-12H,13H2,1-3H3,(H,25,26). The van der Waals surface area contributed by atoms with Crippen LogP contribution in [0.2, 0.25) is 0 Å². The highest BCUT2D eigenvalue weighted by Gasteiger charge is 2.11. The zero-order valence-electron chi connectivity index (χ0n) is 16.9. The molecule has 0 radical (unpaired) electrons. The Balaban J connectivity index is 1.53. The van der Waals surface area contributed by atoms with E-state index in [1.54, 1.807) is 49.6 Å². The Bertz CT molecular complexity index is 1310. The summed E-state index contributed by atoms with van der Waals surface area (Å²) in [7, 11) is 1.58. The van der Waals surface area contributed by atoms with E-state index in [4.69, 9.17) is 13.9 Å². The summed E-state index contributed by atoms with van der Waals surface area (Å²) in [5, 5.41) is 3.79. The Labute approximate surface area is 173 Å². The van der Waals surface area contributed by atoms with Crippen LogP contribution in [0, 0.1) is 13.8 Å². The van der Waals surface area contributed by atoms with E-state index in [1.807, 2.05) is 26.0 Å². The van der Waals surface area contributed by atoms with Gasteiger partial charge in [0.25, 0.3) is 5.91 Å². The van der Waals surface area contributed by atoms with Crippen molar-refractivity contribution in [2.45, 2.75) is 13.8 Å². The predicted octanol–water partition coefficient (Wildman–Crippen LogP) is 4.59. The zero-order valence-corrected chi connectivity index (χ0v) is 16.9. The van der Waals surface area contributed by atoms with Crippen LogP contribution in [-0.2, 0) is 4.79 Å². The summed E-state index contributed by atoms with van der Waals surface area (Å²) in [4.78, 5) is 25.1. The fourth-order valence-corrected chi connectivity index (χ4v) is 3.21. The van der Waals surface area contributed by atoms with E-state index in [0.29, 0.717) is 39.1 Å². The molecule has 0 saturated carbocycles. The number of ether oxygens (including phenoxy) is 2. The number of amides is 1. The molecule has 4 rings (SSSR count). The molecule has 0 aliphatic rings. The third kappa shape index (κ3) is 3.85. The largest absolute Gasteiger partial charge is 0.497 e. The minimum absolute atomic E-state index is 0.0879. The van der Waals surface area contributed by atoms with Crippen molar-refractivity contribution in [1.82, 2.24) is 0 Å². The molecule has 0 aliphatic carbocycles. The van der Waals surface area contributed by atoms with E-state index >= 15 is 0 Å². The number of carbonyl (C=O) groups is 1. The van der Waals surface area contributed by atoms with E-state index in [1.165, 1.54) is 0 Å². The molecule has 3 aromatic carbocycles. The van der Waals surface area contributed by atoms with Crippen LogP contribution in [0.5, 0.6) is 11.5 Å². The maximum atomic E-state index is 12.8. The first-order chi connectivity index (χ1) is 14.4. The van der Waals surface area contributed by atoms with Crippen LogP contribution in [0.3, 0.4) is 0 Å². The van der Waals surface area contributed by atoms with Gasteiger partial charge >= 0.3 is 0 Å². The van der Waals surface area contributed by atoms with Crippen LogP contribution in [0.4, 0.5) is 5.69 Å². The van der Waals surface area contributed by atoms with Gasteiger partial charge in [-0.2, -0.15) is 0 Å². The molecule has 0 aliphatic heterocycles. The third-order valence-corrected chi connectivity index (χ3v) is 5.00. The summed E-state index contributed by atoms with van der Waals surface area (Å²) in [5.41, 5.74) is 3.47. The molecule has 1 N–H and O–H groups in total. The second-order valence-corrected chi connectivity index (χ2v) is 7.09. The predicted molar refractivity (Wildman–Crippen MR) is 117 cm³/mol. The lowest BCUT2D eigenvalue weighted by molar-refractivity contribution is -0.118. The molecule has 0 fully saturated rings. The first kappa shape index (κ1) is 19.5. The lowest BCUT2D eigenvalue weighted by atomic mass is 10.1. The van der Waals surface area contributed by atoms with Crippen LogP contribution in [0.1, 0.15) is 11.1 Å². The Morgan fingerprint density at radius 2 is 1.57 bits per heavy atom. The van der Waals surface area contributed by atoms with Gasteiger partial charge in [0, 0.05) is 11.8 Å². The Hall–Kier alpha value is -3.80. The first-order valence-corrected chi connectivity index (χ1v) is 9.49. The molecule has 0 saturated heterocycles. The number of hydrogen-bond acceptors (Lipinski definition) is 5. The van der Waals surface area contributed by atoms with Crippen molar-refractivity contribution < 1.29 is 18.7 Å². The van der Waals surface area contributed by atoms with Crippen molar-refractivity contribution in [3.8, 4) is 11.5 Å². The highest BCUT2D eigenvalue weighted by atomic mass is 16.5. The van der Waals surface area contributed by atoms with Crippen LogP contribution in [0.25, 0.3) is 21.9 Å². The van der Waals surface area contributed by atoms with Crippen molar-refractivity contribution in [2.75, 3.05) is 19.0 Å². The Kier molecular flexibility index (Phi) is 5.14. The van der Waals surface area contributed by atoms with Crippen LogP contribution in [-0.4, -0.2) is 19.6 Å². The molecular formula is C24H21NO5. The van der Waals surface area contributed by atoms with Gasteiger partial charge in [0.05, 0.1) is 17.9 Å². The molecule has 30 heavy (non-hydrogen) atoms. The molecule has 0 unspecified atom stereocenters. The Morgan fingerprint density at radius 1 is 0.900 bits per heavy atom. The molecule has 1 heterocycles. The summed E-state index contributed by atoms with van der Waals surface area (Å²) in [5.74, 6) is 0.953. The molecule has 152 valence electrons. The topological polar surface area (TPSA) is 77.8 Å². The fraction of sp³-hybridized carbons (Fsp3) is 0.167. The summed E-state index contributed by atoms with van der Waals surface area (Å²) in [6, 6.07) is 15.7. The average molecular weight is 403 g/mol. The molecule has 4 aromatic rings. The van der Waals surface area contributed by atoms with Crippen LogP contribution >= 0.6 is 0 Å². The van der Waals surface area contributed by atoms with E-state index in [2.05, 4.69) is 5.32 Å². The number of benzene rings is 3. The van der Waals surface area contributed by atoms with Crippen molar-refractivity contribution >= 4 is 33.5 Å². The fourth-order valence-electron chi connectivity index (χ4n) is 3.21. The molecule has 0 bridgehead atoms. The number of aryl methyl sites for hydroxylation is 2. The van der Waals surface area contributed by atoms with Crippen molar-refractivity contribution in [3.63, 3.8) is 0 Å². The maximum absolute atomic E-state index is 12.8. The third-order valence-electron chi connectivity index (χ3n) is 5.00. The molecular weight excluding hydrogens is 382 g/mol. The van der Waals surface area contributed by atoms with Gasteiger partial charge in [0.2, 0.25) is 5.43 Å². The smallest absolute Gasteiger partial charge is 0.262 e. The van der Waals surface area contributed by atoms with Crippen molar-refractivity contribution in [2.24, 2.45) is 0 Å². The van der Waals surface area contributed by atoms with Crippen molar-refractivity contribution in [1.29, 1.82) is 0 Å². The van der Waals surface area contributed by atoms with Gasteiger partial charge in [-0.25, -0.2) is 0 Å². The number of carbonyl (C=O) groups excluding carboxylic acids is 1.